The Kier molecular flexibility index (Phi) is 4.71. The predicted octanol–water partition coefficient (Wildman–Crippen LogP) is 3.55. The molecule has 2 N–H and O–H groups in total. The summed E-state index contributed by atoms with van der Waals surface area (Å²) in [6, 6.07) is 7.34. The van der Waals surface area contributed by atoms with E-state index in [4.69, 9.17) is 9.52 Å². The SMILES string of the molecule is Cc1ccc(-c2ccc(C(=O)NCCC(C)(C)C(=O)O)s2)o1. The summed E-state index contributed by atoms with van der Waals surface area (Å²) < 4.78 is 5.53. The van der Waals surface area contributed by atoms with Crippen molar-refractivity contribution in [1.29, 1.82) is 0 Å². The molecule has 0 saturated carbocycles. The van der Waals surface area contributed by atoms with E-state index in [0.717, 1.165) is 16.4 Å². The van der Waals surface area contributed by atoms with E-state index >= 15 is 0 Å². The van der Waals surface area contributed by atoms with Crippen molar-refractivity contribution in [2.45, 2.75) is 27.2 Å². The van der Waals surface area contributed by atoms with Crippen molar-refractivity contribution in [3.63, 3.8) is 0 Å². The molecule has 2 rings (SSSR count). The first-order valence-electron chi connectivity index (χ1n) is 6.98. The van der Waals surface area contributed by atoms with Crippen LogP contribution < -0.4 is 5.32 Å². The van der Waals surface area contributed by atoms with Gasteiger partial charge in [0.1, 0.15) is 11.5 Å². The van der Waals surface area contributed by atoms with Gasteiger partial charge in [0, 0.05) is 6.54 Å². The van der Waals surface area contributed by atoms with Crippen molar-refractivity contribution in [3.8, 4) is 10.6 Å². The molecule has 2 heterocycles. The fourth-order valence-corrected chi connectivity index (χ4v) is 2.73. The van der Waals surface area contributed by atoms with Gasteiger partial charge in [-0.25, -0.2) is 0 Å². The van der Waals surface area contributed by atoms with Crippen LogP contribution in [0.4, 0.5) is 0 Å². The normalized spacial score (nSPS) is 11.4. The molecule has 0 aliphatic rings. The molecular weight excluding hydrogens is 302 g/mol. The van der Waals surface area contributed by atoms with E-state index in [2.05, 4.69) is 5.32 Å². The van der Waals surface area contributed by atoms with Gasteiger partial charge in [-0.3, -0.25) is 9.59 Å². The van der Waals surface area contributed by atoms with E-state index < -0.39 is 11.4 Å². The molecule has 0 radical (unpaired) electrons. The fourth-order valence-electron chi connectivity index (χ4n) is 1.84. The Bertz CT molecular complexity index is 684. The Morgan fingerprint density at radius 2 is 2.00 bits per heavy atom. The zero-order chi connectivity index (χ0) is 16.3. The van der Waals surface area contributed by atoms with Gasteiger partial charge in [-0.1, -0.05) is 0 Å². The largest absolute Gasteiger partial charge is 0.481 e. The van der Waals surface area contributed by atoms with Crippen LogP contribution in [0, 0.1) is 12.3 Å². The lowest BCUT2D eigenvalue weighted by molar-refractivity contribution is -0.147. The van der Waals surface area contributed by atoms with E-state index in [0.29, 0.717) is 17.8 Å². The minimum atomic E-state index is -0.867. The monoisotopic (exact) mass is 321 g/mol. The molecule has 0 aromatic carbocycles. The van der Waals surface area contributed by atoms with E-state index in [1.807, 2.05) is 25.1 Å². The third-order valence-electron chi connectivity index (χ3n) is 3.43. The minimum absolute atomic E-state index is 0.194. The zero-order valence-electron chi connectivity index (χ0n) is 12.8. The molecule has 6 heteroatoms. The summed E-state index contributed by atoms with van der Waals surface area (Å²) in [7, 11) is 0. The van der Waals surface area contributed by atoms with Gasteiger partial charge in [0.15, 0.2) is 0 Å². The molecule has 0 fully saturated rings. The summed E-state index contributed by atoms with van der Waals surface area (Å²) in [5, 5.41) is 11.8. The van der Waals surface area contributed by atoms with Gasteiger partial charge >= 0.3 is 5.97 Å². The number of carboxylic acid groups (broad SMARTS) is 1. The Labute approximate surface area is 133 Å². The van der Waals surface area contributed by atoms with Gasteiger partial charge in [0.2, 0.25) is 0 Å². The number of carbonyl (C=O) groups excluding carboxylic acids is 1. The van der Waals surface area contributed by atoms with Gasteiger partial charge in [-0.05, 0) is 51.5 Å². The van der Waals surface area contributed by atoms with Crippen molar-refractivity contribution >= 4 is 23.2 Å². The maximum absolute atomic E-state index is 12.1. The average Bonchev–Trinajstić information content (AvgIpc) is 3.06. The van der Waals surface area contributed by atoms with Crippen LogP contribution in [0.5, 0.6) is 0 Å². The highest BCUT2D eigenvalue weighted by molar-refractivity contribution is 7.17. The number of carbonyl (C=O) groups is 2. The molecule has 22 heavy (non-hydrogen) atoms. The topological polar surface area (TPSA) is 79.5 Å². The second-order valence-corrected chi connectivity index (χ2v) is 6.85. The highest BCUT2D eigenvalue weighted by Gasteiger charge is 2.26. The summed E-state index contributed by atoms with van der Waals surface area (Å²) in [5.41, 5.74) is -0.848. The third-order valence-corrected chi connectivity index (χ3v) is 4.53. The number of amides is 1. The van der Waals surface area contributed by atoms with Crippen molar-refractivity contribution < 1.29 is 19.1 Å². The van der Waals surface area contributed by atoms with Crippen LogP contribution in [-0.2, 0) is 4.79 Å². The number of aryl methyl sites for hydroxylation is 1. The Hall–Kier alpha value is -2.08. The number of carboxylic acids is 1. The van der Waals surface area contributed by atoms with E-state index in [1.165, 1.54) is 11.3 Å². The van der Waals surface area contributed by atoms with E-state index in [1.54, 1.807) is 19.9 Å². The summed E-state index contributed by atoms with van der Waals surface area (Å²) in [4.78, 5) is 24.6. The number of hydrogen-bond donors (Lipinski definition) is 2. The molecule has 118 valence electrons. The van der Waals surface area contributed by atoms with E-state index in [-0.39, 0.29) is 5.91 Å². The predicted molar refractivity (Wildman–Crippen MR) is 85.1 cm³/mol. The molecule has 0 bridgehead atoms. The van der Waals surface area contributed by atoms with Crippen molar-refractivity contribution in [1.82, 2.24) is 5.32 Å². The highest BCUT2D eigenvalue weighted by Crippen LogP contribution is 2.29. The molecule has 0 unspecified atom stereocenters. The lowest BCUT2D eigenvalue weighted by Crippen LogP contribution is -2.31. The molecule has 0 aliphatic carbocycles. The molecule has 0 aliphatic heterocycles. The van der Waals surface area contributed by atoms with Crippen LogP contribution in [0.3, 0.4) is 0 Å². The molecule has 0 atom stereocenters. The van der Waals surface area contributed by atoms with E-state index in [9.17, 15) is 9.59 Å². The number of nitrogens with one attached hydrogen (secondary N) is 1. The van der Waals surface area contributed by atoms with Crippen molar-refractivity contribution in [2.75, 3.05) is 6.54 Å². The summed E-state index contributed by atoms with van der Waals surface area (Å²) in [6.07, 6.45) is 0.379. The van der Waals surface area contributed by atoms with Gasteiger partial charge in [-0.2, -0.15) is 0 Å². The molecular formula is C16H19NO4S. The first-order chi connectivity index (χ1) is 10.3. The number of aliphatic carboxylic acids is 1. The van der Waals surface area contributed by atoms with Gasteiger partial charge in [0.25, 0.3) is 5.91 Å². The fraction of sp³-hybridized carbons (Fsp3) is 0.375. The lowest BCUT2D eigenvalue weighted by atomic mass is 9.90. The second-order valence-electron chi connectivity index (χ2n) is 5.77. The molecule has 5 nitrogen and oxygen atoms in total. The van der Waals surface area contributed by atoms with Crippen LogP contribution in [0.2, 0.25) is 0 Å². The minimum Gasteiger partial charge on any atom is -0.481 e. The van der Waals surface area contributed by atoms with Gasteiger partial charge < -0.3 is 14.8 Å². The molecule has 2 aromatic rings. The van der Waals surface area contributed by atoms with Crippen LogP contribution in [0.1, 0.15) is 35.7 Å². The molecule has 2 aromatic heterocycles. The molecule has 0 spiro atoms. The van der Waals surface area contributed by atoms with Crippen LogP contribution >= 0.6 is 11.3 Å². The quantitative estimate of drug-likeness (QED) is 0.852. The average molecular weight is 321 g/mol. The molecule has 1 amide bonds. The third kappa shape index (κ3) is 3.76. The number of hydrogen-bond acceptors (Lipinski definition) is 4. The lowest BCUT2D eigenvalue weighted by Gasteiger charge is -2.18. The van der Waals surface area contributed by atoms with Gasteiger partial charge in [0.05, 0.1) is 15.2 Å². The summed E-state index contributed by atoms with van der Waals surface area (Å²) >= 11 is 1.35. The smallest absolute Gasteiger partial charge is 0.309 e. The van der Waals surface area contributed by atoms with Crippen LogP contribution in [0.15, 0.2) is 28.7 Å². The standard InChI is InChI=1S/C16H19NO4S/c1-10-4-5-11(21-10)12-6-7-13(22-12)14(18)17-9-8-16(2,3)15(19)20/h4-7H,8-9H2,1-3H3,(H,17,18)(H,19,20). The first kappa shape index (κ1) is 16.3. The Morgan fingerprint density at radius 3 is 2.59 bits per heavy atom. The van der Waals surface area contributed by atoms with Crippen LogP contribution in [0.25, 0.3) is 10.6 Å². The summed E-state index contributed by atoms with van der Waals surface area (Å²) in [6.45, 7) is 5.48. The van der Waals surface area contributed by atoms with Crippen molar-refractivity contribution in [2.24, 2.45) is 5.41 Å². The van der Waals surface area contributed by atoms with Crippen molar-refractivity contribution in [3.05, 3.63) is 34.9 Å². The zero-order valence-corrected chi connectivity index (χ0v) is 13.6. The van der Waals surface area contributed by atoms with Crippen LogP contribution in [-0.4, -0.2) is 23.5 Å². The number of thiophene rings is 1. The molecule has 0 saturated heterocycles. The summed E-state index contributed by atoms with van der Waals surface area (Å²) in [5.74, 6) is 0.507. The maximum Gasteiger partial charge on any atom is 0.309 e. The number of furan rings is 1. The highest BCUT2D eigenvalue weighted by atomic mass is 32.1. The first-order valence-corrected chi connectivity index (χ1v) is 7.79. The maximum atomic E-state index is 12.1. The number of rotatable bonds is 6. The van der Waals surface area contributed by atoms with Gasteiger partial charge in [-0.15, -0.1) is 11.3 Å². The second kappa shape index (κ2) is 6.36. The Morgan fingerprint density at radius 1 is 1.27 bits per heavy atom. The Balaban J connectivity index is 1.94.